The minimum absolute atomic E-state index is 0.846. The van der Waals surface area contributed by atoms with E-state index in [2.05, 4.69) is 64.5 Å². The Hall–Kier alpha value is -2.78. The molecule has 3 heteroatoms. The zero-order chi connectivity index (χ0) is 17.7. The molecule has 0 atom stereocenters. The van der Waals surface area contributed by atoms with E-state index in [1.165, 1.54) is 0 Å². The third kappa shape index (κ3) is 2.17. The molecule has 0 aliphatic heterocycles. The van der Waals surface area contributed by atoms with E-state index < -0.39 is 0 Å². The normalized spacial score (nSPS) is 11.5. The molecule has 126 valence electrons. The number of benzene rings is 4. The van der Waals surface area contributed by atoms with Crippen molar-refractivity contribution in [1.29, 1.82) is 0 Å². The van der Waals surface area contributed by atoms with Gasteiger partial charge in [0.25, 0.3) is 0 Å². The van der Waals surface area contributed by atoms with Gasteiger partial charge in [0, 0.05) is 31.6 Å². The molecule has 0 fully saturated rings. The topological polar surface area (TPSA) is 22.4 Å². The third-order valence-electron chi connectivity index (χ3n) is 4.85. The summed E-state index contributed by atoms with van der Waals surface area (Å²) in [6.07, 6.45) is 0. The van der Waals surface area contributed by atoms with Crippen LogP contribution in [0.2, 0.25) is 0 Å². The average molecular weight is 403 g/mol. The van der Waals surface area contributed by atoms with E-state index in [-0.39, 0.29) is 0 Å². The Bertz CT molecular complexity index is 1270. The summed E-state index contributed by atoms with van der Waals surface area (Å²) < 4.78 is 12.7. The molecule has 0 saturated heterocycles. The number of halogens is 1. The largest absolute Gasteiger partial charge is 0.497 e. The summed E-state index contributed by atoms with van der Waals surface area (Å²) in [6, 6.07) is 24.7. The van der Waals surface area contributed by atoms with Gasteiger partial charge in [-0.15, -0.1) is 0 Å². The third-order valence-corrected chi connectivity index (χ3v) is 5.68. The zero-order valence-corrected chi connectivity index (χ0v) is 15.7. The van der Waals surface area contributed by atoms with E-state index in [0.29, 0.717) is 0 Å². The quantitative estimate of drug-likeness (QED) is 0.312. The van der Waals surface area contributed by atoms with Crippen LogP contribution < -0.4 is 4.74 Å². The van der Waals surface area contributed by atoms with Gasteiger partial charge >= 0.3 is 0 Å². The molecule has 0 amide bonds. The molecule has 1 heterocycles. The van der Waals surface area contributed by atoms with Crippen molar-refractivity contribution in [3.8, 4) is 16.9 Å². The van der Waals surface area contributed by atoms with E-state index in [0.717, 1.165) is 54.1 Å². The maximum absolute atomic E-state index is 6.28. The van der Waals surface area contributed by atoms with Gasteiger partial charge in [-0.2, -0.15) is 0 Å². The van der Waals surface area contributed by atoms with E-state index in [9.17, 15) is 0 Å². The molecular weight excluding hydrogens is 388 g/mol. The maximum Gasteiger partial charge on any atom is 0.143 e. The van der Waals surface area contributed by atoms with E-state index in [1.807, 2.05) is 24.3 Å². The van der Waals surface area contributed by atoms with Crippen LogP contribution in [0.5, 0.6) is 5.75 Å². The number of hydrogen-bond donors (Lipinski definition) is 0. The predicted octanol–water partition coefficient (Wildman–Crippen LogP) is 7.18. The van der Waals surface area contributed by atoms with Gasteiger partial charge in [0.05, 0.1) is 7.11 Å². The fourth-order valence-corrected chi connectivity index (χ4v) is 4.40. The number of hydrogen-bond acceptors (Lipinski definition) is 2. The van der Waals surface area contributed by atoms with Crippen molar-refractivity contribution < 1.29 is 9.15 Å². The molecule has 4 aromatic carbocycles. The second-order valence-electron chi connectivity index (χ2n) is 6.27. The van der Waals surface area contributed by atoms with Crippen molar-refractivity contribution in [2.75, 3.05) is 7.11 Å². The van der Waals surface area contributed by atoms with Gasteiger partial charge in [-0.25, -0.2) is 0 Å². The number of methoxy groups -OCH3 is 1. The first-order valence-electron chi connectivity index (χ1n) is 8.44. The van der Waals surface area contributed by atoms with Crippen molar-refractivity contribution in [1.82, 2.24) is 0 Å². The monoisotopic (exact) mass is 402 g/mol. The van der Waals surface area contributed by atoms with Gasteiger partial charge in [0.1, 0.15) is 16.9 Å². The summed E-state index contributed by atoms with van der Waals surface area (Å²) >= 11 is 3.87. The molecule has 0 aliphatic carbocycles. The first-order valence-corrected chi connectivity index (χ1v) is 9.23. The highest BCUT2D eigenvalue weighted by Crippen LogP contribution is 2.46. The molecule has 0 bridgehead atoms. The van der Waals surface area contributed by atoms with Gasteiger partial charge in [-0.3, -0.25) is 0 Å². The summed E-state index contributed by atoms with van der Waals surface area (Å²) in [5.74, 6) is 0.846. The van der Waals surface area contributed by atoms with Gasteiger partial charge in [-0.1, -0.05) is 54.6 Å². The minimum Gasteiger partial charge on any atom is -0.497 e. The molecule has 0 radical (unpaired) electrons. The summed E-state index contributed by atoms with van der Waals surface area (Å²) in [6.45, 7) is 0. The van der Waals surface area contributed by atoms with Crippen molar-refractivity contribution in [3.05, 3.63) is 77.3 Å². The van der Waals surface area contributed by atoms with Gasteiger partial charge in [0.15, 0.2) is 0 Å². The second-order valence-corrected chi connectivity index (χ2v) is 7.06. The molecule has 0 unspecified atom stereocenters. The van der Waals surface area contributed by atoms with E-state index in [1.54, 1.807) is 7.11 Å². The number of fused-ring (bicyclic) bond motifs is 5. The lowest BCUT2D eigenvalue weighted by atomic mass is 9.95. The highest BCUT2D eigenvalue weighted by Gasteiger charge is 2.19. The fourth-order valence-electron chi connectivity index (χ4n) is 3.63. The van der Waals surface area contributed by atoms with Crippen LogP contribution in [0.15, 0.2) is 81.7 Å². The van der Waals surface area contributed by atoms with Crippen LogP contribution in [0.25, 0.3) is 43.8 Å². The van der Waals surface area contributed by atoms with Crippen LogP contribution >= 0.6 is 15.9 Å². The minimum atomic E-state index is 0.846. The standard InChI is InChI=1S/C23H15BrO2/c1-25-15-12-10-14(11-13-15)20-21-18-8-4-5-9-19(18)26-23(21)17-7-3-2-6-16(17)22(20)24/h2-13H,1H3. The summed E-state index contributed by atoms with van der Waals surface area (Å²) in [5.41, 5.74) is 4.10. The molecule has 26 heavy (non-hydrogen) atoms. The lowest BCUT2D eigenvalue weighted by Crippen LogP contribution is -1.87. The molecule has 5 aromatic rings. The Morgan fingerprint density at radius 3 is 2.15 bits per heavy atom. The van der Waals surface area contributed by atoms with E-state index >= 15 is 0 Å². The van der Waals surface area contributed by atoms with E-state index in [4.69, 9.17) is 9.15 Å². The van der Waals surface area contributed by atoms with Crippen molar-refractivity contribution in [2.24, 2.45) is 0 Å². The predicted molar refractivity (Wildman–Crippen MR) is 111 cm³/mol. The molecular formula is C23H15BrO2. The lowest BCUT2D eigenvalue weighted by molar-refractivity contribution is 0.415. The maximum atomic E-state index is 6.28. The zero-order valence-electron chi connectivity index (χ0n) is 14.1. The van der Waals surface area contributed by atoms with Crippen molar-refractivity contribution in [3.63, 3.8) is 0 Å². The molecule has 2 nitrogen and oxygen atoms in total. The van der Waals surface area contributed by atoms with Crippen LogP contribution in [0.4, 0.5) is 0 Å². The summed E-state index contributed by atoms with van der Waals surface area (Å²) in [7, 11) is 1.68. The molecule has 0 saturated carbocycles. The Morgan fingerprint density at radius 1 is 0.769 bits per heavy atom. The van der Waals surface area contributed by atoms with Crippen molar-refractivity contribution >= 4 is 48.6 Å². The SMILES string of the molecule is COc1ccc(-c2c(Br)c3ccccc3c3oc4ccccc4c23)cc1. The second kappa shape index (κ2) is 5.89. The highest BCUT2D eigenvalue weighted by atomic mass is 79.9. The van der Waals surface area contributed by atoms with Crippen LogP contribution in [0.3, 0.4) is 0 Å². The number of ether oxygens (including phenoxy) is 1. The van der Waals surface area contributed by atoms with Gasteiger partial charge < -0.3 is 9.15 Å². The van der Waals surface area contributed by atoms with Crippen molar-refractivity contribution in [2.45, 2.75) is 0 Å². The Labute approximate surface area is 159 Å². The molecule has 0 spiro atoms. The highest BCUT2D eigenvalue weighted by molar-refractivity contribution is 9.10. The fraction of sp³-hybridized carbons (Fsp3) is 0.0435. The van der Waals surface area contributed by atoms with Crippen LogP contribution in [0.1, 0.15) is 0 Å². The first-order chi connectivity index (χ1) is 12.8. The molecule has 0 aliphatic rings. The number of para-hydroxylation sites is 1. The Morgan fingerprint density at radius 2 is 1.42 bits per heavy atom. The lowest BCUT2D eigenvalue weighted by Gasteiger charge is -2.12. The first kappa shape index (κ1) is 15.5. The van der Waals surface area contributed by atoms with Crippen LogP contribution in [0, 0.1) is 0 Å². The van der Waals surface area contributed by atoms with Crippen LogP contribution in [-0.4, -0.2) is 7.11 Å². The average Bonchev–Trinajstić information content (AvgIpc) is 3.08. The van der Waals surface area contributed by atoms with Crippen LogP contribution in [-0.2, 0) is 0 Å². The Kier molecular flexibility index (Phi) is 3.50. The molecule has 1 aromatic heterocycles. The summed E-state index contributed by atoms with van der Waals surface area (Å²) in [5, 5.41) is 4.52. The van der Waals surface area contributed by atoms with Gasteiger partial charge in [-0.05, 0) is 39.7 Å². The number of rotatable bonds is 2. The Balaban J connectivity index is 2.00. The summed E-state index contributed by atoms with van der Waals surface area (Å²) in [4.78, 5) is 0. The molecule has 0 N–H and O–H groups in total. The smallest absolute Gasteiger partial charge is 0.143 e. The molecule has 5 rings (SSSR count). The van der Waals surface area contributed by atoms with Gasteiger partial charge in [0.2, 0.25) is 0 Å². The number of furan rings is 1.